The van der Waals surface area contributed by atoms with Crippen molar-refractivity contribution in [2.24, 2.45) is 5.92 Å². The summed E-state index contributed by atoms with van der Waals surface area (Å²) in [6.45, 7) is 4.38. The van der Waals surface area contributed by atoms with Crippen molar-refractivity contribution in [2.45, 2.75) is 56.8 Å². The molecule has 0 radical (unpaired) electrons. The van der Waals surface area contributed by atoms with Crippen LogP contribution in [0.2, 0.25) is 0 Å². The second-order valence-corrected chi connectivity index (χ2v) is 10.9. The standard InChI is InChI=1S/C26H31F3N2OS/c1-25(2)21-7-5-4-6-19(21)16-22(25)30-20-10-8-17(9-11-20)23(26(27,28)29)31(3)24(32)18-12-14-33-15-13-18/h4-11,18,22-23,30H,12-16H2,1-3H3/t22?,23-/m0/s1. The van der Waals surface area contributed by atoms with Crippen LogP contribution < -0.4 is 5.32 Å². The molecule has 1 amide bonds. The first kappa shape index (κ1) is 24.0. The third-order valence-corrected chi connectivity index (χ3v) is 8.24. The van der Waals surface area contributed by atoms with Gasteiger partial charge in [-0.15, -0.1) is 0 Å². The van der Waals surface area contributed by atoms with Gasteiger partial charge in [-0.1, -0.05) is 50.2 Å². The number of hydrogen-bond acceptors (Lipinski definition) is 3. The molecule has 3 nitrogen and oxygen atoms in total. The number of rotatable bonds is 5. The van der Waals surface area contributed by atoms with E-state index in [1.54, 1.807) is 23.9 Å². The molecule has 0 aromatic heterocycles. The molecule has 0 saturated carbocycles. The van der Waals surface area contributed by atoms with Gasteiger partial charge < -0.3 is 10.2 Å². The average Bonchev–Trinajstić information content (AvgIpc) is 3.04. The zero-order valence-corrected chi connectivity index (χ0v) is 20.1. The van der Waals surface area contributed by atoms with Crippen molar-refractivity contribution in [3.05, 3.63) is 65.2 Å². The van der Waals surface area contributed by atoms with E-state index < -0.39 is 18.1 Å². The number of amides is 1. The third kappa shape index (κ3) is 4.88. The van der Waals surface area contributed by atoms with Gasteiger partial charge in [0.2, 0.25) is 5.91 Å². The first-order chi connectivity index (χ1) is 15.6. The predicted molar refractivity (Wildman–Crippen MR) is 129 cm³/mol. The van der Waals surface area contributed by atoms with E-state index in [0.717, 1.165) is 28.5 Å². The van der Waals surface area contributed by atoms with Gasteiger partial charge in [0.05, 0.1) is 0 Å². The third-order valence-electron chi connectivity index (χ3n) is 7.19. The maximum atomic E-state index is 14.1. The van der Waals surface area contributed by atoms with Crippen molar-refractivity contribution >= 4 is 23.4 Å². The number of nitrogens with one attached hydrogen (secondary N) is 1. The monoisotopic (exact) mass is 476 g/mol. The Morgan fingerprint density at radius 1 is 1.09 bits per heavy atom. The Labute approximate surface area is 198 Å². The number of carbonyl (C=O) groups excluding carboxylic acids is 1. The van der Waals surface area contributed by atoms with Gasteiger partial charge in [0.15, 0.2) is 6.04 Å². The smallest absolute Gasteiger partial charge is 0.381 e. The number of benzene rings is 2. The van der Waals surface area contributed by atoms with E-state index in [1.807, 2.05) is 12.1 Å². The molecule has 0 spiro atoms. The molecule has 2 aromatic carbocycles. The van der Waals surface area contributed by atoms with Crippen LogP contribution in [0.3, 0.4) is 0 Å². The van der Waals surface area contributed by atoms with Crippen molar-refractivity contribution in [1.29, 1.82) is 0 Å². The highest BCUT2D eigenvalue weighted by Gasteiger charge is 2.46. The van der Waals surface area contributed by atoms with Gasteiger partial charge >= 0.3 is 6.18 Å². The number of fused-ring (bicyclic) bond motifs is 1. The second kappa shape index (κ2) is 9.24. The SMILES string of the molecule is CN(C(=O)C1CCSCC1)[C@@H](c1ccc(NC2Cc3ccccc3C2(C)C)cc1)C(F)(F)F. The highest BCUT2D eigenvalue weighted by atomic mass is 32.2. The lowest BCUT2D eigenvalue weighted by molar-refractivity contribution is -0.190. The fourth-order valence-corrected chi connectivity index (χ4v) is 6.28. The summed E-state index contributed by atoms with van der Waals surface area (Å²) in [5, 5.41) is 3.52. The van der Waals surface area contributed by atoms with Crippen LogP contribution in [-0.2, 0) is 16.6 Å². The normalized spacial score (nSPS) is 21.3. The Kier molecular flexibility index (Phi) is 6.72. The Hall–Kier alpha value is -2.15. The van der Waals surface area contributed by atoms with Crippen molar-refractivity contribution in [2.75, 3.05) is 23.9 Å². The quantitative estimate of drug-likeness (QED) is 0.557. The van der Waals surface area contributed by atoms with Crippen molar-refractivity contribution < 1.29 is 18.0 Å². The molecule has 1 fully saturated rings. The predicted octanol–water partition coefficient (Wildman–Crippen LogP) is 6.21. The summed E-state index contributed by atoms with van der Waals surface area (Å²) < 4.78 is 42.2. The van der Waals surface area contributed by atoms with Crippen molar-refractivity contribution in [3.63, 3.8) is 0 Å². The van der Waals surface area contributed by atoms with Crippen LogP contribution in [0.25, 0.3) is 0 Å². The number of carbonyl (C=O) groups is 1. The van der Waals surface area contributed by atoms with Crippen LogP contribution >= 0.6 is 11.8 Å². The fraction of sp³-hybridized carbons (Fsp3) is 0.500. The van der Waals surface area contributed by atoms with E-state index in [1.165, 1.54) is 30.3 Å². The molecule has 1 aliphatic heterocycles. The molecule has 2 aromatic rings. The number of nitrogens with zero attached hydrogens (tertiary/aromatic N) is 1. The molecule has 7 heteroatoms. The molecular formula is C26H31F3N2OS. The Morgan fingerprint density at radius 2 is 1.73 bits per heavy atom. The van der Waals surface area contributed by atoms with Gasteiger partial charge in [0, 0.05) is 30.1 Å². The summed E-state index contributed by atoms with van der Waals surface area (Å²) in [5.41, 5.74) is 3.38. The Bertz CT molecular complexity index is 984. The number of hydrogen-bond donors (Lipinski definition) is 1. The van der Waals surface area contributed by atoms with Crippen LogP contribution in [0.5, 0.6) is 0 Å². The molecule has 178 valence electrons. The molecule has 1 N–H and O–H groups in total. The van der Waals surface area contributed by atoms with E-state index in [-0.39, 0.29) is 22.9 Å². The molecule has 0 bridgehead atoms. The number of thioether (sulfide) groups is 1. The summed E-state index contributed by atoms with van der Waals surface area (Å²) in [4.78, 5) is 13.7. The topological polar surface area (TPSA) is 32.3 Å². The Morgan fingerprint density at radius 3 is 2.33 bits per heavy atom. The fourth-order valence-electron chi connectivity index (χ4n) is 5.18. The number of alkyl halides is 3. The van der Waals surface area contributed by atoms with Crippen molar-refractivity contribution in [3.8, 4) is 0 Å². The maximum absolute atomic E-state index is 14.1. The summed E-state index contributed by atoms with van der Waals surface area (Å²) >= 11 is 1.75. The number of anilines is 1. The van der Waals surface area contributed by atoms with Gasteiger partial charge in [0.25, 0.3) is 0 Å². The molecular weight excluding hydrogens is 445 g/mol. The molecule has 1 saturated heterocycles. The van der Waals surface area contributed by atoms with Crippen LogP contribution in [0.4, 0.5) is 18.9 Å². The first-order valence-corrected chi connectivity index (χ1v) is 12.6. The van der Waals surface area contributed by atoms with Crippen LogP contribution in [0.1, 0.15) is 49.4 Å². The molecule has 1 unspecified atom stereocenters. The second-order valence-electron chi connectivity index (χ2n) is 9.68. The van der Waals surface area contributed by atoms with E-state index in [4.69, 9.17) is 0 Å². The highest BCUT2D eigenvalue weighted by Crippen LogP contribution is 2.41. The summed E-state index contributed by atoms with van der Waals surface area (Å²) in [5.74, 6) is 0.907. The first-order valence-electron chi connectivity index (χ1n) is 11.4. The molecule has 1 heterocycles. The van der Waals surface area contributed by atoms with Gasteiger partial charge in [-0.25, -0.2) is 0 Å². The van der Waals surface area contributed by atoms with Gasteiger partial charge in [-0.2, -0.15) is 24.9 Å². The molecule has 1 aliphatic carbocycles. The number of halogens is 3. The largest absolute Gasteiger partial charge is 0.413 e. The molecule has 4 rings (SSSR count). The van der Waals surface area contributed by atoms with Crippen LogP contribution in [0.15, 0.2) is 48.5 Å². The van der Waals surface area contributed by atoms with Gasteiger partial charge in [-0.3, -0.25) is 4.79 Å². The zero-order valence-electron chi connectivity index (χ0n) is 19.3. The highest BCUT2D eigenvalue weighted by molar-refractivity contribution is 7.99. The van der Waals surface area contributed by atoms with Gasteiger partial charge in [-0.05, 0) is 59.6 Å². The van der Waals surface area contributed by atoms with E-state index >= 15 is 0 Å². The van der Waals surface area contributed by atoms with Crippen LogP contribution in [-0.4, -0.2) is 41.6 Å². The van der Waals surface area contributed by atoms with Crippen molar-refractivity contribution in [1.82, 2.24) is 4.90 Å². The van der Waals surface area contributed by atoms with Crippen LogP contribution in [0, 0.1) is 5.92 Å². The minimum Gasteiger partial charge on any atom is -0.381 e. The minimum absolute atomic E-state index is 0.0862. The average molecular weight is 477 g/mol. The lowest BCUT2D eigenvalue weighted by Crippen LogP contribution is -2.43. The molecule has 2 aliphatic rings. The molecule has 33 heavy (non-hydrogen) atoms. The summed E-state index contributed by atoms with van der Waals surface area (Å²) in [6.07, 6.45) is -2.40. The van der Waals surface area contributed by atoms with E-state index in [9.17, 15) is 18.0 Å². The lowest BCUT2D eigenvalue weighted by Gasteiger charge is -2.34. The maximum Gasteiger partial charge on any atom is 0.413 e. The van der Waals surface area contributed by atoms with E-state index in [2.05, 4.69) is 31.3 Å². The lowest BCUT2D eigenvalue weighted by atomic mass is 9.83. The van der Waals surface area contributed by atoms with Gasteiger partial charge in [0.1, 0.15) is 0 Å². The summed E-state index contributed by atoms with van der Waals surface area (Å²) in [6, 6.07) is 12.9. The Balaban J connectivity index is 1.51. The molecule has 2 atom stereocenters. The van der Waals surface area contributed by atoms with E-state index in [0.29, 0.717) is 12.8 Å². The zero-order chi connectivity index (χ0) is 23.8. The minimum atomic E-state index is -4.54. The summed E-state index contributed by atoms with van der Waals surface area (Å²) in [7, 11) is 1.28.